The van der Waals surface area contributed by atoms with E-state index in [1.807, 2.05) is 0 Å². The highest BCUT2D eigenvalue weighted by atomic mass is 16.4. The van der Waals surface area contributed by atoms with Gasteiger partial charge in [0.2, 0.25) is 0 Å². The van der Waals surface area contributed by atoms with Crippen molar-refractivity contribution in [2.45, 2.75) is 12.8 Å². The Labute approximate surface area is 94.4 Å². The van der Waals surface area contributed by atoms with Crippen LogP contribution in [-0.2, 0) is 4.79 Å². The highest BCUT2D eigenvalue weighted by molar-refractivity contribution is 5.76. The maximum absolute atomic E-state index is 11.8. The predicted molar refractivity (Wildman–Crippen MR) is 57.0 cm³/mol. The van der Waals surface area contributed by atoms with Crippen molar-refractivity contribution in [2.75, 3.05) is 33.3 Å². The Balaban J connectivity index is 2.53. The number of aliphatic hydroxyl groups excluding tert-OH is 1. The van der Waals surface area contributed by atoms with Gasteiger partial charge in [0, 0.05) is 26.7 Å². The van der Waals surface area contributed by atoms with Crippen LogP contribution in [0.3, 0.4) is 0 Å². The Kier molecular flexibility index (Phi) is 4.54. The third-order valence-corrected chi connectivity index (χ3v) is 2.80. The number of amides is 2. The lowest BCUT2D eigenvalue weighted by atomic mass is 9.99. The fourth-order valence-corrected chi connectivity index (χ4v) is 1.84. The van der Waals surface area contributed by atoms with Crippen LogP contribution in [0.2, 0.25) is 0 Å². The smallest absolute Gasteiger partial charge is 0.319 e. The van der Waals surface area contributed by atoms with Gasteiger partial charge in [-0.1, -0.05) is 0 Å². The molecule has 6 heteroatoms. The van der Waals surface area contributed by atoms with Crippen LogP contribution >= 0.6 is 0 Å². The first-order valence-corrected chi connectivity index (χ1v) is 5.40. The molecule has 0 aliphatic carbocycles. The van der Waals surface area contributed by atoms with Crippen LogP contribution in [-0.4, -0.2) is 65.3 Å². The van der Waals surface area contributed by atoms with Gasteiger partial charge in [-0.25, -0.2) is 4.79 Å². The van der Waals surface area contributed by atoms with Crippen molar-refractivity contribution < 1.29 is 19.8 Å². The van der Waals surface area contributed by atoms with Gasteiger partial charge in [0.15, 0.2) is 0 Å². The number of aliphatic hydroxyl groups is 1. The van der Waals surface area contributed by atoms with E-state index in [-0.39, 0.29) is 25.7 Å². The van der Waals surface area contributed by atoms with E-state index in [0.717, 1.165) is 6.42 Å². The lowest BCUT2D eigenvalue weighted by Crippen LogP contribution is -2.48. The summed E-state index contributed by atoms with van der Waals surface area (Å²) in [5.41, 5.74) is 0. The molecule has 0 bridgehead atoms. The van der Waals surface area contributed by atoms with Crippen molar-refractivity contribution >= 4 is 12.0 Å². The Bertz CT molecular complexity index is 270. The Morgan fingerprint density at radius 2 is 2.19 bits per heavy atom. The number of hydrogen-bond acceptors (Lipinski definition) is 3. The van der Waals surface area contributed by atoms with E-state index >= 15 is 0 Å². The highest BCUT2D eigenvalue weighted by Crippen LogP contribution is 2.17. The summed E-state index contributed by atoms with van der Waals surface area (Å²) in [5, 5.41) is 17.6. The first-order valence-electron chi connectivity index (χ1n) is 5.40. The SMILES string of the molecule is CN(CCO)C(=O)N1CCCC(C(=O)O)C1. The summed E-state index contributed by atoms with van der Waals surface area (Å²) < 4.78 is 0. The molecule has 1 aliphatic heterocycles. The topological polar surface area (TPSA) is 81.1 Å². The Morgan fingerprint density at radius 3 is 2.75 bits per heavy atom. The van der Waals surface area contributed by atoms with Crippen molar-refractivity contribution in [3.63, 3.8) is 0 Å². The molecule has 1 saturated heterocycles. The van der Waals surface area contributed by atoms with E-state index in [4.69, 9.17) is 10.2 Å². The number of likely N-dealkylation sites (N-methyl/N-ethyl adjacent to an activating group) is 1. The molecule has 0 spiro atoms. The van der Waals surface area contributed by atoms with Gasteiger partial charge in [-0.15, -0.1) is 0 Å². The minimum atomic E-state index is -0.845. The molecule has 0 aromatic heterocycles. The van der Waals surface area contributed by atoms with E-state index in [0.29, 0.717) is 13.0 Å². The minimum absolute atomic E-state index is 0.0849. The number of urea groups is 1. The molecule has 0 aromatic rings. The molecule has 1 fully saturated rings. The van der Waals surface area contributed by atoms with Crippen molar-refractivity contribution in [2.24, 2.45) is 5.92 Å². The van der Waals surface area contributed by atoms with Crippen LogP contribution in [0.1, 0.15) is 12.8 Å². The molecular weight excluding hydrogens is 212 g/mol. The van der Waals surface area contributed by atoms with Crippen molar-refractivity contribution in [1.82, 2.24) is 9.80 Å². The normalized spacial score (nSPS) is 20.6. The third kappa shape index (κ3) is 3.10. The molecule has 2 amide bonds. The van der Waals surface area contributed by atoms with Crippen molar-refractivity contribution in [1.29, 1.82) is 0 Å². The number of aliphatic carboxylic acids is 1. The second-order valence-corrected chi connectivity index (χ2v) is 4.05. The average molecular weight is 230 g/mol. The largest absolute Gasteiger partial charge is 0.481 e. The molecule has 0 aromatic carbocycles. The minimum Gasteiger partial charge on any atom is -0.481 e. The van der Waals surface area contributed by atoms with Gasteiger partial charge in [-0.2, -0.15) is 0 Å². The molecule has 16 heavy (non-hydrogen) atoms. The molecule has 0 radical (unpaired) electrons. The molecule has 0 saturated carbocycles. The number of carboxylic acid groups (broad SMARTS) is 1. The zero-order valence-electron chi connectivity index (χ0n) is 9.43. The molecular formula is C10H18N2O4. The Hall–Kier alpha value is -1.30. The summed E-state index contributed by atoms with van der Waals surface area (Å²) >= 11 is 0. The molecule has 1 rings (SSSR count). The molecule has 1 unspecified atom stereocenters. The van der Waals surface area contributed by atoms with E-state index in [1.54, 1.807) is 7.05 Å². The number of carbonyl (C=O) groups is 2. The zero-order valence-corrected chi connectivity index (χ0v) is 9.43. The fraction of sp³-hybridized carbons (Fsp3) is 0.800. The Morgan fingerprint density at radius 1 is 1.50 bits per heavy atom. The second-order valence-electron chi connectivity index (χ2n) is 4.05. The summed E-state index contributed by atoms with van der Waals surface area (Å²) in [6.45, 7) is 1.05. The van der Waals surface area contributed by atoms with Crippen LogP contribution in [0.4, 0.5) is 4.79 Å². The number of piperidine rings is 1. The summed E-state index contributed by atoms with van der Waals surface area (Å²) in [5.74, 6) is -1.30. The maximum Gasteiger partial charge on any atom is 0.319 e. The standard InChI is InChI=1S/C10H18N2O4/c1-11(5-6-13)10(16)12-4-2-3-8(7-12)9(14)15/h8,13H,2-7H2,1H3,(H,14,15). The number of nitrogens with zero attached hydrogens (tertiary/aromatic N) is 2. The van der Waals surface area contributed by atoms with Gasteiger partial charge in [0.1, 0.15) is 0 Å². The monoisotopic (exact) mass is 230 g/mol. The first kappa shape index (κ1) is 12.8. The van der Waals surface area contributed by atoms with Crippen LogP contribution < -0.4 is 0 Å². The fourth-order valence-electron chi connectivity index (χ4n) is 1.84. The lowest BCUT2D eigenvalue weighted by molar-refractivity contribution is -0.143. The van der Waals surface area contributed by atoms with E-state index in [9.17, 15) is 9.59 Å². The second kappa shape index (κ2) is 5.69. The highest BCUT2D eigenvalue weighted by Gasteiger charge is 2.29. The van der Waals surface area contributed by atoms with Gasteiger partial charge in [0.05, 0.1) is 12.5 Å². The van der Waals surface area contributed by atoms with Crippen molar-refractivity contribution in [3.8, 4) is 0 Å². The van der Waals surface area contributed by atoms with Gasteiger partial charge < -0.3 is 20.0 Å². The summed E-state index contributed by atoms with van der Waals surface area (Å²) in [4.78, 5) is 25.6. The quantitative estimate of drug-likeness (QED) is 0.705. The lowest BCUT2D eigenvalue weighted by Gasteiger charge is -2.33. The molecule has 1 aliphatic rings. The van der Waals surface area contributed by atoms with E-state index in [1.165, 1.54) is 9.80 Å². The predicted octanol–water partition coefficient (Wildman–Crippen LogP) is -0.173. The number of rotatable bonds is 3. The van der Waals surface area contributed by atoms with E-state index < -0.39 is 11.9 Å². The van der Waals surface area contributed by atoms with Crippen LogP contribution in [0.5, 0.6) is 0 Å². The summed E-state index contributed by atoms with van der Waals surface area (Å²) in [7, 11) is 1.60. The van der Waals surface area contributed by atoms with Gasteiger partial charge in [-0.3, -0.25) is 4.79 Å². The summed E-state index contributed by atoms with van der Waals surface area (Å²) in [6.07, 6.45) is 1.35. The number of carbonyl (C=O) groups excluding carboxylic acids is 1. The van der Waals surface area contributed by atoms with Crippen molar-refractivity contribution in [3.05, 3.63) is 0 Å². The summed E-state index contributed by atoms with van der Waals surface area (Å²) in [6, 6.07) is -0.208. The molecule has 92 valence electrons. The van der Waals surface area contributed by atoms with E-state index in [2.05, 4.69) is 0 Å². The van der Waals surface area contributed by atoms with Gasteiger partial charge >= 0.3 is 12.0 Å². The van der Waals surface area contributed by atoms with Crippen LogP contribution in [0.25, 0.3) is 0 Å². The molecule has 6 nitrogen and oxygen atoms in total. The van der Waals surface area contributed by atoms with Crippen LogP contribution in [0, 0.1) is 5.92 Å². The number of carboxylic acids is 1. The van der Waals surface area contributed by atoms with Crippen LogP contribution in [0.15, 0.2) is 0 Å². The maximum atomic E-state index is 11.8. The molecule has 1 atom stereocenters. The zero-order chi connectivity index (χ0) is 12.1. The number of hydrogen-bond donors (Lipinski definition) is 2. The molecule has 1 heterocycles. The van der Waals surface area contributed by atoms with Gasteiger partial charge in [0.25, 0.3) is 0 Å². The third-order valence-electron chi connectivity index (χ3n) is 2.80. The van der Waals surface area contributed by atoms with Gasteiger partial charge in [-0.05, 0) is 12.8 Å². The molecule has 2 N–H and O–H groups in total. The number of likely N-dealkylation sites (tertiary alicyclic amines) is 1. The first-order chi connectivity index (χ1) is 7.56. The average Bonchev–Trinajstić information content (AvgIpc) is 2.28.